The number of anilines is 1. The van der Waals surface area contributed by atoms with Gasteiger partial charge in [-0.15, -0.1) is 0 Å². The van der Waals surface area contributed by atoms with Crippen molar-refractivity contribution in [3.63, 3.8) is 0 Å². The third-order valence-corrected chi connectivity index (χ3v) is 7.13. The summed E-state index contributed by atoms with van der Waals surface area (Å²) in [4.78, 5) is 13.1. The molecule has 0 aliphatic heterocycles. The first-order valence-electron chi connectivity index (χ1n) is 9.65. The molecule has 28 heavy (non-hydrogen) atoms. The summed E-state index contributed by atoms with van der Waals surface area (Å²) in [7, 11) is -3.64. The fraction of sp³-hybridized carbons (Fsp3) is 0.409. The molecule has 2 rings (SSSR count). The Kier molecular flexibility index (Phi) is 7.01. The zero-order chi connectivity index (χ0) is 21.1. The molecule has 152 valence electrons. The first kappa shape index (κ1) is 22.1. The van der Waals surface area contributed by atoms with Gasteiger partial charge in [-0.25, -0.2) is 8.42 Å². The van der Waals surface area contributed by atoms with Gasteiger partial charge in [-0.1, -0.05) is 52.0 Å². The number of amides is 1. The van der Waals surface area contributed by atoms with Gasteiger partial charge in [0.1, 0.15) is 0 Å². The molecule has 2 aromatic carbocycles. The van der Waals surface area contributed by atoms with Crippen LogP contribution in [0.2, 0.25) is 0 Å². The number of benzene rings is 2. The second-order valence-corrected chi connectivity index (χ2v) is 9.12. The Morgan fingerprint density at radius 1 is 1.04 bits per heavy atom. The molecule has 0 bridgehead atoms. The van der Waals surface area contributed by atoms with Gasteiger partial charge in [-0.3, -0.25) is 4.79 Å². The van der Waals surface area contributed by atoms with Crippen molar-refractivity contribution in [3.8, 4) is 0 Å². The van der Waals surface area contributed by atoms with E-state index in [0.29, 0.717) is 24.2 Å². The van der Waals surface area contributed by atoms with Crippen LogP contribution in [-0.2, 0) is 10.0 Å². The topological polar surface area (TPSA) is 66.5 Å². The quantitative estimate of drug-likeness (QED) is 0.729. The fourth-order valence-corrected chi connectivity index (χ4v) is 4.96. The number of carbonyl (C=O) groups is 1. The third-order valence-electron chi connectivity index (χ3n) is 4.94. The lowest BCUT2D eigenvalue weighted by Crippen LogP contribution is -2.31. The zero-order valence-electron chi connectivity index (χ0n) is 17.5. The fourth-order valence-electron chi connectivity index (χ4n) is 3.25. The number of aryl methyl sites for hydroxylation is 2. The van der Waals surface area contributed by atoms with Crippen LogP contribution in [0.4, 0.5) is 5.69 Å². The number of rotatable bonds is 7. The average Bonchev–Trinajstić information content (AvgIpc) is 2.64. The number of nitrogens with one attached hydrogen (secondary N) is 1. The molecule has 0 aliphatic carbocycles. The number of sulfonamides is 1. The molecule has 0 spiro atoms. The molecular formula is C22H30N2O3S. The summed E-state index contributed by atoms with van der Waals surface area (Å²) in [5.74, 6) is -0.0565. The van der Waals surface area contributed by atoms with E-state index in [2.05, 4.69) is 19.2 Å². The molecule has 0 saturated heterocycles. The number of hydrogen-bond donors (Lipinski definition) is 1. The van der Waals surface area contributed by atoms with E-state index in [1.165, 1.54) is 10.4 Å². The van der Waals surface area contributed by atoms with E-state index in [-0.39, 0.29) is 16.7 Å². The van der Waals surface area contributed by atoms with Crippen LogP contribution in [0.15, 0.2) is 41.3 Å². The van der Waals surface area contributed by atoms with Crippen LogP contribution < -0.4 is 5.32 Å². The minimum atomic E-state index is -3.64. The van der Waals surface area contributed by atoms with Crippen LogP contribution in [0, 0.1) is 13.8 Å². The van der Waals surface area contributed by atoms with Gasteiger partial charge >= 0.3 is 0 Å². The van der Waals surface area contributed by atoms with Gasteiger partial charge in [-0.2, -0.15) is 4.31 Å². The maximum atomic E-state index is 12.9. The maximum absolute atomic E-state index is 12.9. The van der Waals surface area contributed by atoms with Gasteiger partial charge in [-0.05, 0) is 48.6 Å². The molecule has 5 nitrogen and oxygen atoms in total. The first-order chi connectivity index (χ1) is 13.1. The van der Waals surface area contributed by atoms with Crippen molar-refractivity contribution in [2.75, 3.05) is 18.4 Å². The molecule has 1 N–H and O–H groups in total. The molecule has 0 aliphatic rings. The van der Waals surface area contributed by atoms with Crippen LogP contribution in [0.5, 0.6) is 0 Å². The highest BCUT2D eigenvalue weighted by atomic mass is 32.2. The van der Waals surface area contributed by atoms with Gasteiger partial charge in [0.05, 0.1) is 4.90 Å². The molecule has 0 atom stereocenters. The van der Waals surface area contributed by atoms with Crippen molar-refractivity contribution in [2.24, 2.45) is 0 Å². The standard InChI is InChI=1S/C22H30N2O3S/c1-7-24(8-2)28(26,27)20-14-18(13-12-16(20)5)22(25)23-21-17(6)10-9-11-19(21)15(3)4/h9-15H,7-8H2,1-6H3,(H,23,25). The lowest BCUT2D eigenvalue weighted by Gasteiger charge is -2.20. The number of hydrogen-bond acceptors (Lipinski definition) is 3. The van der Waals surface area contributed by atoms with Crippen LogP contribution in [0.1, 0.15) is 60.7 Å². The van der Waals surface area contributed by atoms with E-state index < -0.39 is 10.0 Å². The molecule has 1 amide bonds. The Bertz CT molecular complexity index is 962. The van der Waals surface area contributed by atoms with Crippen molar-refractivity contribution < 1.29 is 13.2 Å². The van der Waals surface area contributed by atoms with Gasteiger partial charge in [0, 0.05) is 24.3 Å². The van der Waals surface area contributed by atoms with E-state index in [0.717, 1.165) is 16.8 Å². The Morgan fingerprint density at radius 2 is 1.68 bits per heavy atom. The second kappa shape index (κ2) is 8.88. The van der Waals surface area contributed by atoms with Gasteiger partial charge in [0.2, 0.25) is 10.0 Å². The summed E-state index contributed by atoms with van der Waals surface area (Å²) in [6.45, 7) is 12.2. The Morgan fingerprint density at radius 3 is 2.25 bits per heavy atom. The van der Waals surface area contributed by atoms with Gasteiger partial charge < -0.3 is 5.32 Å². The van der Waals surface area contributed by atoms with Crippen molar-refractivity contribution in [1.82, 2.24) is 4.31 Å². The van der Waals surface area contributed by atoms with E-state index in [4.69, 9.17) is 0 Å². The molecular weight excluding hydrogens is 372 g/mol. The monoisotopic (exact) mass is 402 g/mol. The van der Waals surface area contributed by atoms with Gasteiger partial charge in [0.15, 0.2) is 0 Å². The highest BCUT2D eigenvalue weighted by molar-refractivity contribution is 7.89. The normalized spacial score (nSPS) is 11.9. The smallest absolute Gasteiger partial charge is 0.255 e. The summed E-state index contributed by atoms with van der Waals surface area (Å²) in [6, 6.07) is 10.8. The van der Waals surface area contributed by atoms with Crippen LogP contribution in [0.25, 0.3) is 0 Å². The maximum Gasteiger partial charge on any atom is 0.255 e. The number of carbonyl (C=O) groups excluding carboxylic acids is 1. The molecule has 0 heterocycles. The molecule has 0 radical (unpaired) electrons. The van der Waals surface area contributed by atoms with Crippen molar-refractivity contribution in [2.45, 2.75) is 52.4 Å². The molecule has 0 fully saturated rings. The SMILES string of the molecule is CCN(CC)S(=O)(=O)c1cc(C(=O)Nc2c(C)cccc2C(C)C)ccc1C. The minimum absolute atomic E-state index is 0.178. The molecule has 0 unspecified atom stereocenters. The summed E-state index contributed by atoms with van der Waals surface area (Å²) in [6.07, 6.45) is 0. The second-order valence-electron chi connectivity index (χ2n) is 7.22. The third kappa shape index (κ3) is 4.45. The van der Waals surface area contributed by atoms with Crippen molar-refractivity contribution in [3.05, 3.63) is 58.7 Å². The zero-order valence-corrected chi connectivity index (χ0v) is 18.4. The Hall–Kier alpha value is -2.18. The lowest BCUT2D eigenvalue weighted by atomic mass is 9.98. The van der Waals surface area contributed by atoms with E-state index >= 15 is 0 Å². The first-order valence-corrected chi connectivity index (χ1v) is 11.1. The van der Waals surface area contributed by atoms with E-state index in [1.54, 1.807) is 32.9 Å². The minimum Gasteiger partial charge on any atom is -0.321 e. The number of nitrogens with zero attached hydrogens (tertiary/aromatic N) is 1. The summed E-state index contributed by atoms with van der Waals surface area (Å²) in [5.41, 5.74) is 3.77. The average molecular weight is 403 g/mol. The van der Waals surface area contributed by atoms with Crippen LogP contribution >= 0.6 is 0 Å². The highest BCUT2D eigenvalue weighted by Crippen LogP contribution is 2.28. The lowest BCUT2D eigenvalue weighted by molar-refractivity contribution is 0.102. The predicted molar refractivity (Wildman–Crippen MR) is 115 cm³/mol. The van der Waals surface area contributed by atoms with E-state index in [1.807, 2.05) is 25.1 Å². The Labute approximate surface area is 168 Å². The molecule has 0 saturated carbocycles. The number of para-hydroxylation sites is 1. The molecule has 6 heteroatoms. The molecule has 0 aromatic heterocycles. The van der Waals surface area contributed by atoms with E-state index in [9.17, 15) is 13.2 Å². The summed E-state index contributed by atoms with van der Waals surface area (Å²) in [5, 5.41) is 2.98. The Balaban J connectivity index is 2.45. The van der Waals surface area contributed by atoms with Crippen LogP contribution in [-0.4, -0.2) is 31.7 Å². The molecule has 2 aromatic rings. The summed E-state index contributed by atoms with van der Waals surface area (Å²) >= 11 is 0. The van der Waals surface area contributed by atoms with Crippen LogP contribution in [0.3, 0.4) is 0 Å². The van der Waals surface area contributed by atoms with Crippen molar-refractivity contribution >= 4 is 21.6 Å². The predicted octanol–water partition coefficient (Wildman–Crippen LogP) is 4.71. The summed E-state index contributed by atoms with van der Waals surface area (Å²) < 4.78 is 27.3. The van der Waals surface area contributed by atoms with Gasteiger partial charge in [0.25, 0.3) is 5.91 Å². The largest absolute Gasteiger partial charge is 0.321 e. The van der Waals surface area contributed by atoms with Crippen molar-refractivity contribution in [1.29, 1.82) is 0 Å². The highest BCUT2D eigenvalue weighted by Gasteiger charge is 2.25.